The summed E-state index contributed by atoms with van der Waals surface area (Å²) in [5, 5.41) is 14.8. The fourth-order valence-corrected chi connectivity index (χ4v) is 3.78. The van der Waals surface area contributed by atoms with Crippen molar-refractivity contribution in [2.24, 2.45) is 0 Å². The molecule has 6 nitrogen and oxygen atoms in total. The van der Waals surface area contributed by atoms with Crippen LogP contribution in [-0.2, 0) is 0 Å². The van der Waals surface area contributed by atoms with Gasteiger partial charge in [-0.25, -0.2) is 9.67 Å². The monoisotopic (exact) mass is 445 g/mol. The highest BCUT2D eigenvalue weighted by molar-refractivity contribution is 5.92. The van der Waals surface area contributed by atoms with Crippen LogP contribution in [0.25, 0.3) is 39.6 Å². The minimum Gasteiger partial charge on any atom is -0.491 e. The Balaban J connectivity index is 1.61. The van der Waals surface area contributed by atoms with Gasteiger partial charge in [-0.2, -0.15) is 10.4 Å². The molecule has 0 atom stereocenters. The highest BCUT2D eigenvalue weighted by atomic mass is 16.5. The average molecular weight is 446 g/mol. The summed E-state index contributed by atoms with van der Waals surface area (Å²) in [6.45, 7) is 4.00. The molecule has 0 bridgehead atoms. The molecule has 0 unspecified atom stereocenters. The SMILES string of the molecule is CC(C)Oc1ccc(-c2nn(-c3ccccc3)cc2C=C(C#N)c2nc3ccccc3[nH]2)cc1. The number of aromatic nitrogens is 4. The number of H-pyrrole nitrogens is 1. The Hall–Kier alpha value is -4.63. The quantitative estimate of drug-likeness (QED) is 0.313. The summed E-state index contributed by atoms with van der Waals surface area (Å²) in [5.74, 6) is 1.33. The molecule has 5 rings (SSSR count). The van der Waals surface area contributed by atoms with Crippen molar-refractivity contribution >= 4 is 22.7 Å². The number of rotatable bonds is 6. The van der Waals surface area contributed by atoms with E-state index in [4.69, 9.17) is 9.84 Å². The van der Waals surface area contributed by atoms with Gasteiger partial charge in [-0.05, 0) is 68.5 Å². The molecule has 0 aliphatic carbocycles. The fraction of sp³-hybridized carbons (Fsp3) is 0.107. The van der Waals surface area contributed by atoms with Gasteiger partial charge in [-0.15, -0.1) is 0 Å². The lowest BCUT2D eigenvalue weighted by molar-refractivity contribution is 0.242. The van der Waals surface area contributed by atoms with Crippen molar-refractivity contribution in [2.45, 2.75) is 20.0 Å². The summed E-state index contributed by atoms with van der Waals surface area (Å²) in [6.07, 6.45) is 3.87. The Morgan fingerprint density at radius 2 is 1.74 bits per heavy atom. The molecular formula is C28H23N5O. The van der Waals surface area contributed by atoms with Crippen LogP contribution in [0.5, 0.6) is 5.75 Å². The highest BCUT2D eigenvalue weighted by Gasteiger charge is 2.15. The largest absolute Gasteiger partial charge is 0.491 e. The van der Waals surface area contributed by atoms with E-state index >= 15 is 0 Å². The average Bonchev–Trinajstić information content (AvgIpc) is 3.47. The number of para-hydroxylation sites is 3. The molecule has 166 valence electrons. The second-order valence-electron chi connectivity index (χ2n) is 8.18. The Morgan fingerprint density at radius 3 is 2.44 bits per heavy atom. The smallest absolute Gasteiger partial charge is 0.149 e. The number of aromatic amines is 1. The Morgan fingerprint density at radius 1 is 1.00 bits per heavy atom. The number of hydrogen-bond donors (Lipinski definition) is 1. The molecular weight excluding hydrogens is 422 g/mol. The van der Waals surface area contributed by atoms with Crippen LogP contribution in [0.3, 0.4) is 0 Å². The molecule has 0 aliphatic heterocycles. The van der Waals surface area contributed by atoms with E-state index in [1.54, 1.807) is 0 Å². The van der Waals surface area contributed by atoms with E-state index in [0.29, 0.717) is 11.4 Å². The number of ether oxygens (including phenoxy) is 1. The van der Waals surface area contributed by atoms with Crippen molar-refractivity contribution in [3.63, 3.8) is 0 Å². The number of hydrogen-bond acceptors (Lipinski definition) is 4. The maximum absolute atomic E-state index is 9.95. The Labute approximate surface area is 197 Å². The number of imidazole rings is 1. The van der Waals surface area contributed by atoms with Crippen LogP contribution in [0, 0.1) is 11.3 Å². The summed E-state index contributed by atoms with van der Waals surface area (Å²) < 4.78 is 7.61. The van der Waals surface area contributed by atoms with Crippen LogP contribution in [0.1, 0.15) is 25.2 Å². The minimum atomic E-state index is 0.101. The van der Waals surface area contributed by atoms with Crippen LogP contribution in [-0.4, -0.2) is 25.9 Å². The zero-order chi connectivity index (χ0) is 23.5. The molecule has 2 aromatic heterocycles. The molecule has 5 aromatic rings. The normalized spacial score (nSPS) is 11.6. The third-order valence-electron chi connectivity index (χ3n) is 5.33. The number of nitriles is 1. The van der Waals surface area contributed by atoms with Gasteiger partial charge in [0.05, 0.1) is 34.1 Å². The molecule has 0 spiro atoms. The van der Waals surface area contributed by atoms with E-state index in [2.05, 4.69) is 16.0 Å². The zero-order valence-corrected chi connectivity index (χ0v) is 18.9. The maximum Gasteiger partial charge on any atom is 0.149 e. The first-order chi connectivity index (χ1) is 16.6. The third kappa shape index (κ3) is 4.32. The van der Waals surface area contributed by atoms with Gasteiger partial charge in [0.1, 0.15) is 17.6 Å². The highest BCUT2D eigenvalue weighted by Crippen LogP contribution is 2.29. The first-order valence-electron chi connectivity index (χ1n) is 11.1. The van der Waals surface area contributed by atoms with Gasteiger partial charge < -0.3 is 9.72 Å². The molecule has 34 heavy (non-hydrogen) atoms. The van der Waals surface area contributed by atoms with Crippen LogP contribution >= 0.6 is 0 Å². The van der Waals surface area contributed by atoms with E-state index < -0.39 is 0 Å². The standard InChI is InChI=1S/C28H23N5O/c1-19(2)34-24-14-12-20(13-15-24)27-22(18-33(32-27)23-8-4-3-5-9-23)16-21(17-29)28-30-25-10-6-7-11-26(25)31-28/h3-16,18-19H,1-2H3,(H,30,31). The molecule has 0 fully saturated rings. The third-order valence-corrected chi connectivity index (χ3v) is 5.33. The number of fused-ring (bicyclic) bond motifs is 1. The molecule has 2 heterocycles. The van der Waals surface area contributed by atoms with Crippen molar-refractivity contribution in [2.75, 3.05) is 0 Å². The van der Waals surface area contributed by atoms with Crippen molar-refractivity contribution in [3.05, 3.63) is 96.4 Å². The van der Waals surface area contributed by atoms with E-state index in [0.717, 1.165) is 39.3 Å². The second kappa shape index (κ2) is 9.08. The molecule has 0 saturated carbocycles. The van der Waals surface area contributed by atoms with Gasteiger partial charge >= 0.3 is 0 Å². The summed E-state index contributed by atoms with van der Waals surface area (Å²) in [5.41, 5.74) is 5.59. The number of benzene rings is 3. The Bertz CT molecular complexity index is 1470. The van der Waals surface area contributed by atoms with E-state index in [-0.39, 0.29) is 6.10 Å². The lowest BCUT2D eigenvalue weighted by Crippen LogP contribution is -2.05. The van der Waals surface area contributed by atoms with E-state index in [1.165, 1.54) is 0 Å². The van der Waals surface area contributed by atoms with Gasteiger partial charge in [0, 0.05) is 17.3 Å². The molecule has 6 heteroatoms. The summed E-state index contributed by atoms with van der Waals surface area (Å²) >= 11 is 0. The Kier molecular flexibility index (Phi) is 5.67. The van der Waals surface area contributed by atoms with Crippen LogP contribution in [0.2, 0.25) is 0 Å². The first-order valence-corrected chi connectivity index (χ1v) is 11.1. The van der Waals surface area contributed by atoms with Gasteiger partial charge in [0.15, 0.2) is 0 Å². The van der Waals surface area contributed by atoms with Crippen molar-refractivity contribution in [1.82, 2.24) is 19.7 Å². The molecule has 1 N–H and O–H groups in total. The van der Waals surface area contributed by atoms with E-state index in [1.807, 2.05) is 110 Å². The molecule has 0 saturated heterocycles. The number of nitrogens with one attached hydrogen (secondary N) is 1. The van der Waals surface area contributed by atoms with Crippen molar-refractivity contribution in [3.8, 4) is 28.8 Å². The number of nitrogens with zero attached hydrogens (tertiary/aromatic N) is 4. The second-order valence-corrected chi connectivity index (χ2v) is 8.18. The van der Waals surface area contributed by atoms with E-state index in [9.17, 15) is 5.26 Å². The lowest BCUT2D eigenvalue weighted by Gasteiger charge is -2.09. The zero-order valence-electron chi connectivity index (χ0n) is 18.9. The molecule has 0 radical (unpaired) electrons. The maximum atomic E-state index is 9.95. The predicted octanol–water partition coefficient (Wildman–Crippen LogP) is 6.27. The van der Waals surface area contributed by atoms with Gasteiger partial charge in [-0.3, -0.25) is 0 Å². The van der Waals surface area contributed by atoms with Crippen LogP contribution < -0.4 is 4.74 Å². The summed E-state index contributed by atoms with van der Waals surface area (Å²) in [4.78, 5) is 7.84. The topological polar surface area (TPSA) is 79.5 Å². The minimum absolute atomic E-state index is 0.101. The molecule has 0 amide bonds. The van der Waals surface area contributed by atoms with Gasteiger partial charge in [0.2, 0.25) is 0 Å². The molecule has 3 aromatic carbocycles. The first kappa shape index (κ1) is 21.2. The van der Waals surface area contributed by atoms with Crippen molar-refractivity contribution in [1.29, 1.82) is 5.26 Å². The lowest BCUT2D eigenvalue weighted by atomic mass is 10.1. The van der Waals surface area contributed by atoms with Gasteiger partial charge in [-0.1, -0.05) is 30.3 Å². The fourth-order valence-electron chi connectivity index (χ4n) is 3.78. The van der Waals surface area contributed by atoms with Crippen LogP contribution in [0.15, 0.2) is 85.1 Å². The van der Waals surface area contributed by atoms with Crippen LogP contribution in [0.4, 0.5) is 0 Å². The summed E-state index contributed by atoms with van der Waals surface area (Å²) in [6, 6.07) is 27.8. The van der Waals surface area contributed by atoms with Gasteiger partial charge in [0.25, 0.3) is 0 Å². The molecule has 0 aliphatic rings. The summed E-state index contributed by atoms with van der Waals surface area (Å²) in [7, 11) is 0. The number of allylic oxidation sites excluding steroid dienone is 1. The van der Waals surface area contributed by atoms with Crippen molar-refractivity contribution < 1.29 is 4.74 Å². The predicted molar refractivity (Wildman–Crippen MR) is 134 cm³/mol.